The summed E-state index contributed by atoms with van der Waals surface area (Å²) in [7, 11) is 0. The number of amides is 1. The van der Waals surface area contributed by atoms with E-state index in [1.54, 1.807) is 12.1 Å². The van der Waals surface area contributed by atoms with Gasteiger partial charge in [-0.3, -0.25) is 9.78 Å². The van der Waals surface area contributed by atoms with Crippen molar-refractivity contribution < 1.29 is 14.7 Å². The molecule has 0 atom stereocenters. The summed E-state index contributed by atoms with van der Waals surface area (Å²) in [6.07, 6.45) is 1.51. The van der Waals surface area contributed by atoms with Crippen molar-refractivity contribution in [2.45, 2.75) is 39.5 Å². The van der Waals surface area contributed by atoms with Crippen molar-refractivity contribution in [3.8, 4) is 11.3 Å². The third-order valence-electron chi connectivity index (χ3n) is 4.03. The van der Waals surface area contributed by atoms with E-state index in [1.807, 2.05) is 6.07 Å². The van der Waals surface area contributed by atoms with Crippen LogP contribution in [0.1, 0.15) is 71.4 Å². The summed E-state index contributed by atoms with van der Waals surface area (Å²) >= 11 is 0. The number of aromatic carboxylic acids is 1. The number of nitrogens with zero attached hydrogens (tertiary/aromatic N) is 1. The van der Waals surface area contributed by atoms with E-state index < -0.39 is 11.9 Å². The third kappa shape index (κ3) is 3.30. The van der Waals surface area contributed by atoms with Crippen molar-refractivity contribution in [3.05, 3.63) is 52.7 Å². The molecule has 0 radical (unpaired) electrons. The first-order valence-electron chi connectivity index (χ1n) is 7.90. The fraction of sp³-hybridized carbons (Fsp3) is 0.316. The van der Waals surface area contributed by atoms with Gasteiger partial charge in [0.25, 0.3) is 0 Å². The number of benzene rings is 1. The second kappa shape index (κ2) is 6.83. The van der Waals surface area contributed by atoms with Crippen LogP contribution in [-0.4, -0.2) is 22.0 Å². The minimum atomic E-state index is -1.09. The minimum absolute atomic E-state index is 0.0482. The molecule has 126 valence electrons. The van der Waals surface area contributed by atoms with Gasteiger partial charge in [-0.1, -0.05) is 27.7 Å². The van der Waals surface area contributed by atoms with Crippen LogP contribution in [0.15, 0.2) is 30.5 Å². The van der Waals surface area contributed by atoms with E-state index in [9.17, 15) is 14.7 Å². The van der Waals surface area contributed by atoms with Crippen LogP contribution in [-0.2, 0) is 0 Å². The van der Waals surface area contributed by atoms with Gasteiger partial charge >= 0.3 is 5.97 Å². The number of pyridine rings is 1. The van der Waals surface area contributed by atoms with Gasteiger partial charge in [-0.15, -0.1) is 0 Å². The number of carbonyl (C=O) groups is 2. The van der Waals surface area contributed by atoms with Crippen molar-refractivity contribution in [3.63, 3.8) is 0 Å². The van der Waals surface area contributed by atoms with Gasteiger partial charge in [0.2, 0.25) is 5.91 Å². The van der Waals surface area contributed by atoms with Crippen LogP contribution >= 0.6 is 0 Å². The summed E-state index contributed by atoms with van der Waals surface area (Å²) in [5.74, 6) is -1.24. The van der Waals surface area contributed by atoms with Crippen LogP contribution in [0.4, 0.5) is 0 Å². The molecule has 2 aromatic rings. The van der Waals surface area contributed by atoms with E-state index in [1.165, 1.54) is 12.3 Å². The first-order chi connectivity index (χ1) is 11.2. The number of carbonyl (C=O) groups excluding carboxylic acids is 1. The van der Waals surface area contributed by atoms with Crippen LogP contribution < -0.4 is 5.73 Å². The molecule has 0 saturated heterocycles. The fourth-order valence-corrected chi connectivity index (χ4v) is 2.83. The molecule has 5 heteroatoms. The molecule has 0 fully saturated rings. The zero-order valence-electron chi connectivity index (χ0n) is 14.3. The predicted molar refractivity (Wildman–Crippen MR) is 93.3 cm³/mol. The molecule has 0 aliphatic heterocycles. The quantitative estimate of drug-likeness (QED) is 0.874. The summed E-state index contributed by atoms with van der Waals surface area (Å²) < 4.78 is 0. The van der Waals surface area contributed by atoms with E-state index in [0.29, 0.717) is 11.1 Å². The number of hydrogen-bond donors (Lipinski definition) is 2. The van der Waals surface area contributed by atoms with Crippen molar-refractivity contribution >= 4 is 11.9 Å². The maximum Gasteiger partial charge on any atom is 0.337 e. The lowest BCUT2D eigenvalue weighted by atomic mass is 9.85. The molecule has 24 heavy (non-hydrogen) atoms. The van der Waals surface area contributed by atoms with Crippen LogP contribution in [0, 0.1) is 0 Å². The van der Waals surface area contributed by atoms with E-state index in [-0.39, 0.29) is 23.1 Å². The number of nitrogens with two attached hydrogens (primary N) is 1. The number of carboxylic acid groups (broad SMARTS) is 1. The van der Waals surface area contributed by atoms with E-state index >= 15 is 0 Å². The molecule has 1 heterocycles. The van der Waals surface area contributed by atoms with Crippen molar-refractivity contribution in [2.24, 2.45) is 5.73 Å². The molecule has 3 N–H and O–H groups in total. The molecule has 2 rings (SSSR count). The first kappa shape index (κ1) is 17.7. The van der Waals surface area contributed by atoms with Gasteiger partial charge in [0.15, 0.2) is 0 Å². The highest BCUT2D eigenvalue weighted by Crippen LogP contribution is 2.34. The molecule has 0 saturated carbocycles. The van der Waals surface area contributed by atoms with Gasteiger partial charge < -0.3 is 10.8 Å². The Morgan fingerprint density at radius 2 is 1.62 bits per heavy atom. The third-order valence-corrected chi connectivity index (χ3v) is 4.03. The molecule has 0 bridgehead atoms. The second-order valence-corrected chi connectivity index (χ2v) is 6.41. The average molecular weight is 326 g/mol. The summed E-state index contributed by atoms with van der Waals surface area (Å²) in [5, 5.41) is 9.42. The Balaban J connectivity index is 2.85. The Bertz CT molecular complexity index is 795. The monoisotopic (exact) mass is 326 g/mol. The van der Waals surface area contributed by atoms with Crippen LogP contribution in [0.2, 0.25) is 0 Å². The zero-order chi connectivity index (χ0) is 18.0. The normalized spacial score (nSPS) is 11.1. The largest absolute Gasteiger partial charge is 0.478 e. The highest BCUT2D eigenvalue weighted by Gasteiger charge is 2.22. The number of aromatic nitrogens is 1. The van der Waals surface area contributed by atoms with Gasteiger partial charge in [0.05, 0.1) is 11.3 Å². The standard InChI is InChI=1S/C19H22N2O3/c1-10(2)13-8-15(16(18(20)22)9-14(13)11(3)4)17-12(19(23)24)6-5-7-21-17/h5-11H,1-4H3,(H2,20,22)(H,23,24). The second-order valence-electron chi connectivity index (χ2n) is 6.41. The molecule has 0 unspecified atom stereocenters. The highest BCUT2D eigenvalue weighted by molar-refractivity contribution is 6.03. The highest BCUT2D eigenvalue weighted by atomic mass is 16.4. The first-order valence-corrected chi connectivity index (χ1v) is 7.90. The number of primary amides is 1. The predicted octanol–water partition coefficient (Wildman–Crippen LogP) is 3.79. The van der Waals surface area contributed by atoms with Crippen molar-refractivity contribution in [1.29, 1.82) is 0 Å². The summed E-state index contributed by atoms with van der Waals surface area (Å²) in [5.41, 5.74) is 8.73. The number of hydrogen-bond acceptors (Lipinski definition) is 3. The maximum atomic E-state index is 12.0. The number of rotatable bonds is 5. The Morgan fingerprint density at radius 3 is 2.12 bits per heavy atom. The molecule has 0 aliphatic rings. The van der Waals surface area contributed by atoms with Gasteiger partial charge in [-0.05, 0) is 47.2 Å². The lowest BCUT2D eigenvalue weighted by Crippen LogP contribution is -2.16. The minimum Gasteiger partial charge on any atom is -0.478 e. The lowest BCUT2D eigenvalue weighted by molar-refractivity contribution is 0.0697. The van der Waals surface area contributed by atoms with Crippen LogP contribution in [0.3, 0.4) is 0 Å². The Morgan fingerprint density at radius 1 is 1.04 bits per heavy atom. The maximum absolute atomic E-state index is 12.0. The van der Waals surface area contributed by atoms with E-state index in [4.69, 9.17) is 5.73 Å². The van der Waals surface area contributed by atoms with Crippen molar-refractivity contribution in [1.82, 2.24) is 4.98 Å². The van der Waals surface area contributed by atoms with E-state index in [0.717, 1.165) is 11.1 Å². The number of carboxylic acids is 1. The molecule has 1 amide bonds. The van der Waals surface area contributed by atoms with Gasteiger partial charge in [0, 0.05) is 17.3 Å². The topological polar surface area (TPSA) is 93.3 Å². The van der Waals surface area contributed by atoms with Crippen LogP contribution in [0.25, 0.3) is 11.3 Å². The lowest BCUT2D eigenvalue weighted by Gasteiger charge is -2.20. The smallest absolute Gasteiger partial charge is 0.337 e. The average Bonchev–Trinajstić information content (AvgIpc) is 2.53. The SMILES string of the molecule is CC(C)c1cc(C(N)=O)c(-c2ncccc2C(=O)O)cc1C(C)C. The molecule has 0 aliphatic carbocycles. The van der Waals surface area contributed by atoms with Gasteiger partial charge in [-0.2, -0.15) is 0 Å². The Labute approximate surface area is 141 Å². The molecular weight excluding hydrogens is 304 g/mol. The summed E-state index contributed by atoms with van der Waals surface area (Å²) in [4.78, 5) is 27.7. The summed E-state index contributed by atoms with van der Waals surface area (Å²) in [6, 6.07) is 6.66. The van der Waals surface area contributed by atoms with E-state index in [2.05, 4.69) is 32.7 Å². The Hall–Kier alpha value is -2.69. The molecule has 1 aromatic heterocycles. The Kier molecular flexibility index (Phi) is 5.02. The summed E-state index contributed by atoms with van der Waals surface area (Å²) in [6.45, 7) is 8.22. The fourth-order valence-electron chi connectivity index (χ4n) is 2.83. The van der Waals surface area contributed by atoms with Gasteiger partial charge in [0.1, 0.15) is 0 Å². The van der Waals surface area contributed by atoms with Gasteiger partial charge in [-0.25, -0.2) is 4.79 Å². The molecule has 0 spiro atoms. The molecular formula is C19H22N2O3. The molecule has 1 aromatic carbocycles. The molecule has 5 nitrogen and oxygen atoms in total. The van der Waals surface area contributed by atoms with Crippen LogP contribution in [0.5, 0.6) is 0 Å². The zero-order valence-corrected chi connectivity index (χ0v) is 14.3. The van der Waals surface area contributed by atoms with Crippen molar-refractivity contribution in [2.75, 3.05) is 0 Å².